The monoisotopic (exact) mass is 320 g/mol. The number of aryl methyl sites for hydroxylation is 2. The van der Waals surface area contributed by atoms with E-state index in [0.29, 0.717) is 18.1 Å². The first-order valence-electron chi connectivity index (χ1n) is 7.96. The highest BCUT2D eigenvalue weighted by Gasteiger charge is 2.47. The first kappa shape index (κ1) is 14.9. The second-order valence-electron chi connectivity index (χ2n) is 6.25. The van der Waals surface area contributed by atoms with Crippen LogP contribution >= 0.6 is 0 Å². The van der Waals surface area contributed by atoms with Crippen molar-refractivity contribution < 1.29 is 24.1 Å². The number of hydrogen-bond donors (Lipinski definition) is 2. The topological polar surface area (TPSA) is 89.9 Å². The number of aromatic nitrogens is 1. The van der Waals surface area contributed by atoms with Gasteiger partial charge in [-0.05, 0) is 30.9 Å². The molecule has 0 unspecified atom stereocenters. The first-order chi connectivity index (χ1) is 11.2. The van der Waals surface area contributed by atoms with E-state index in [0.717, 1.165) is 30.5 Å². The summed E-state index contributed by atoms with van der Waals surface area (Å²) in [6.45, 7) is 0.574. The number of rotatable bonds is 3. The average Bonchev–Trinajstić information content (AvgIpc) is 3.25. The Bertz CT molecular complexity index is 635. The third kappa shape index (κ3) is 2.49. The summed E-state index contributed by atoms with van der Waals surface area (Å²) in [5.74, 6) is 0.106. The van der Waals surface area contributed by atoms with E-state index in [9.17, 15) is 9.90 Å². The van der Waals surface area contributed by atoms with Gasteiger partial charge in [-0.15, -0.1) is 0 Å². The normalized spacial score (nSPS) is 31.7. The standard InChI is InChI=1S/C16H20N2O5/c1-21-16-9(5-8-3-2-4-10(8)18-16)15(20)17-11-6-22-14-12(19)7-23-13(11)14/h5,11-14,19H,2-4,6-7H2,1H3,(H,17,20)/t11-,12-,13-,14-/m1/s1. The van der Waals surface area contributed by atoms with Crippen molar-refractivity contribution in [2.24, 2.45) is 0 Å². The Morgan fingerprint density at radius 1 is 1.35 bits per heavy atom. The van der Waals surface area contributed by atoms with Crippen molar-refractivity contribution in [1.82, 2.24) is 10.3 Å². The Hall–Kier alpha value is -1.70. The fourth-order valence-corrected chi connectivity index (χ4v) is 3.62. The highest BCUT2D eigenvalue weighted by molar-refractivity contribution is 5.97. The van der Waals surface area contributed by atoms with E-state index in [1.807, 2.05) is 6.07 Å². The van der Waals surface area contributed by atoms with E-state index < -0.39 is 6.10 Å². The van der Waals surface area contributed by atoms with Gasteiger partial charge < -0.3 is 24.6 Å². The van der Waals surface area contributed by atoms with E-state index >= 15 is 0 Å². The molecule has 0 saturated carbocycles. The third-order valence-electron chi connectivity index (χ3n) is 4.80. The number of amides is 1. The predicted molar refractivity (Wildman–Crippen MR) is 79.6 cm³/mol. The molecule has 0 spiro atoms. The molecule has 7 nitrogen and oxygen atoms in total. The van der Waals surface area contributed by atoms with E-state index in [1.54, 1.807) is 0 Å². The van der Waals surface area contributed by atoms with E-state index in [2.05, 4.69) is 10.3 Å². The summed E-state index contributed by atoms with van der Waals surface area (Å²) < 4.78 is 16.4. The smallest absolute Gasteiger partial charge is 0.257 e. The lowest BCUT2D eigenvalue weighted by Crippen LogP contribution is -2.44. The van der Waals surface area contributed by atoms with Gasteiger partial charge in [0, 0.05) is 5.69 Å². The van der Waals surface area contributed by atoms with Gasteiger partial charge in [0.15, 0.2) is 0 Å². The van der Waals surface area contributed by atoms with Gasteiger partial charge in [-0.25, -0.2) is 4.98 Å². The molecule has 3 aliphatic rings. The number of aliphatic hydroxyl groups excluding tert-OH is 1. The zero-order valence-corrected chi connectivity index (χ0v) is 12.9. The van der Waals surface area contributed by atoms with Gasteiger partial charge in [0.05, 0.1) is 26.4 Å². The zero-order valence-electron chi connectivity index (χ0n) is 12.9. The summed E-state index contributed by atoms with van der Waals surface area (Å²) in [5, 5.41) is 12.7. The second kappa shape index (κ2) is 5.74. The Balaban J connectivity index is 1.53. The number of carbonyl (C=O) groups is 1. The number of carbonyl (C=O) groups excluding carboxylic acids is 1. The van der Waals surface area contributed by atoms with Crippen molar-refractivity contribution in [3.8, 4) is 5.88 Å². The van der Waals surface area contributed by atoms with E-state index in [1.165, 1.54) is 7.11 Å². The molecule has 0 aromatic carbocycles. The highest BCUT2D eigenvalue weighted by atomic mass is 16.6. The molecule has 0 radical (unpaired) electrons. The van der Waals surface area contributed by atoms with Gasteiger partial charge in [0.25, 0.3) is 5.91 Å². The lowest BCUT2D eigenvalue weighted by atomic mass is 10.1. The molecule has 1 aliphatic carbocycles. The van der Waals surface area contributed by atoms with E-state index in [-0.39, 0.29) is 30.8 Å². The Labute approximate surface area is 133 Å². The molecule has 4 rings (SSSR count). The largest absolute Gasteiger partial charge is 0.480 e. The van der Waals surface area contributed by atoms with Gasteiger partial charge >= 0.3 is 0 Å². The predicted octanol–water partition coefficient (Wildman–Crippen LogP) is -0.164. The van der Waals surface area contributed by atoms with Crippen molar-refractivity contribution in [2.75, 3.05) is 20.3 Å². The van der Waals surface area contributed by atoms with Crippen molar-refractivity contribution in [3.63, 3.8) is 0 Å². The summed E-state index contributed by atoms with van der Waals surface area (Å²) in [4.78, 5) is 17.1. The van der Waals surface area contributed by atoms with Gasteiger partial charge in [0.1, 0.15) is 23.9 Å². The van der Waals surface area contributed by atoms with Crippen LogP contribution in [0.1, 0.15) is 28.0 Å². The van der Waals surface area contributed by atoms with Crippen LogP contribution in [0.2, 0.25) is 0 Å². The molecular formula is C16H20N2O5. The molecule has 2 saturated heterocycles. The van der Waals surface area contributed by atoms with Gasteiger partial charge in [-0.1, -0.05) is 0 Å². The third-order valence-corrected chi connectivity index (χ3v) is 4.80. The second-order valence-corrected chi connectivity index (χ2v) is 6.25. The van der Waals surface area contributed by atoms with Crippen LogP contribution in [0.15, 0.2) is 6.07 Å². The quantitative estimate of drug-likeness (QED) is 0.804. The maximum Gasteiger partial charge on any atom is 0.257 e. The van der Waals surface area contributed by atoms with Crippen molar-refractivity contribution >= 4 is 5.91 Å². The fourth-order valence-electron chi connectivity index (χ4n) is 3.62. The minimum atomic E-state index is -0.627. The van der Waals surface area contributed by atoms with Crippen molar-refractivity contribution in [2.45, 2.75) is 43.6 Å². The van der Waals surface area contributed by atoms with Crippen LogP contribution in [-0.2, 0) is 22.3 Å². The number of nitrogens with zero attached hydrogens (tertiary/aromatic N) is 1. The SMILES string of the molecule is COc1nc2c(cc1C(=O)N[C@@H]1CO[C@H]3[C@@H]1OC[C@H]3O)CCC2. The van der Waals surface area contributed by atoms with Crippen LogP contribution in [0.3, 0.4) is 0 Å². The molecule has 1 aromatic heterocycles. The molecule has 2 fully saturated rings. The molecule has 2 N–H and O–H groups in total. The lowest BCUT2D eigenvalue weighted by molar-refractivity contribution is 0.0178. The average molecular weight is 320 g/mol. The number of fused-ring (bicyclic) bond motifs is 2. The Morgan fingerprint density at radius 2 is 2.17 bits per heavy atom. The molecule has 4 atom stereocenters. The molecule has 1 amide bonds. The summed E-state index contributed by atoms with van der Waals surface area (Å²) >= 11 is 0. The first-order valence-corrected chi connectivity index (χ1v) is 7.96. The number of methoxy groups -OCH3 is 1. The van der Waals surface area contributed by atoms with E-state index in [4.69, 9.17) is 14.2 Å². The van der Waals surface area contributed by atoms with Crippen LogP contribution in [0.5, 0.6) is 5.88 Å². The summed E-state index contributed by atoms with van der Waals surface area (Å²) in [5.41, 5.74) is 2.57. The highest BCUT2D eigenvalue weighted by Crippen LogP contribution is 2.29. The molecule has 124 valence electrons. The van der Waals surface area contributed by atoms with Crippen LogP contribution < -0.4 is 10.1 Å². The summed E-state index contributed by atoms with van der Waals surface area (Å²) in [6, 6.07) is 1.60. The lowest BCUT2D eigenvalue weighted by Gasteiger charge is -2.18. The molecule has 7 heteroatoms. The maximum absolute atomic E-state index is 12.6. The number of nitrogens with one attached hydrogen (secondary N) is 1. The Kier molecular flexibility index (Phi) is 3.71. The minimum Gasteiger partial charge on any atom is -0.480 e. The molecular weight excluding hydrogens is 300 g/mol. The van der Waals surface area contributed by atoms with Gasteiger partial charge in [-0.2, -0.15) is 0 Å². The molecule has 1 aromatic rings. The molecule has 0 bridgehead atoms. The summed E-state index contributed by atoms with van der Waals surface area (Å²) in [6.07, 6.45) is 1.64. The van der Waals surface area contributed by atoms with Crippen LogP contribution in [0.4, 0.5) is 0 Å². The van der Waals surface area contributed by atoms with Crippen LogP contribution in [-0.4, -0.2) is 60.7 Å². The number of hydrogen-bond acceptors (Lipinski definition) is 6. The molecule has 23 heavy (non-hydrogen) atoms. The maximum atomic E-state index is 12.6. The van der Waals surface area contributed by atoms with Gasteiger partial charge in [-0.3, -0.25) is 4.79 Å². The van der Waals surface area contributed by atoms with Crippen LogP contribution in [0, 0.1) is 0 Å². The molecule has 3 heterocycles. The number of pyridine rings is 1. The number of aliphatic hydroxyl groups is 1. The van der Waals surface area contributed by atoms with Crippen molar-refractivity contribution in [1.29, 1.82) is 0 Å². The Morgan fingerprint density at radius 3 is 3.00 bits per heavy atom. The van der Waals surface area contributed by atoms with Crippen LogP contribution in [0.25, 0.3) is 0 Å². The fraction of sp³-hybridized carbons (Fsp3) is 0.625. The van der Waals surface area contributed by atoms with Gasteiger partial charge in [0.2, 0.25) is 5.88 Å². The summed E-state index contributed by atoms with van der Waals surface area (Å²) in [7, 11) is 1.52. The number of ether oxygens (including phenoxy) is 3. The molecule has 2 aliphatic heterocycles. The minimum absolute atomic E-state index is 0.241. The van der Waals surface area contributed by atoms with Crippen molar-refractivity contribution in [3.05, 3.63) is 22.9 Å². The zero-order chi connectivity index (χ0) is 16.0.